The van der Waals surface area contributed by atoms with Gasteiger partial charge in [-0.2, -0.15) is 5.10 Å². The summed E-state index contributed by atoms with van der Waals surface area (Å²) in [5, 5.41) is 13.0. The summed E-state index contributed by atoms with van der Waals surface area (Å²) in [4.78, 5) is 0. The molecule has 0 amide bonds. The van der Waals surface area contributed by atoms with Crippen LogP contribution in [0, 0.1) is 0 Å². The second kappa shape index (κ2) is 5.27. The van der Waals surface area contributed by atoms with Crippen LogP contribution in [0.1, 0.15) is 12.0 Å². The Morgan fingerprint density at radius 3 is 2.69 bits per heavy atom. The molecule has 0 aliphatic rings. The van der Waals surface area contributed by atoms with Crippen LogP contribution < -0.4 is 0 Å². The molecule has 1 aromatic carbocycles. The number of benzene rings is 1. The van der Waals surface area contributed by atoms with Gasteiger partial charge >= 0.3 is 0 Å². The molecule has 16 heavy (non-hydrogen) atoms. The lowest BCUT2D eigenvalue weighted by Crippen LogP contribution is -1.93. The standard InChI is InChI=1S/C12H13BrN2O/c13-11-3-5-12(6-4-11)15-9-10(8-14-15)2-1-7-16/h3-6,8-9,16H,1-2,7H2. The van der Waals surface area contributed by atoms with E-state index in [1.54, 1.807) is 0 Å². The summed E-state index contributed by atoms with van der Waals surface area (Å²) in [5.74, 6) is 0. The number of aliphatic hydroxyl groups excluding tert-OH is 1. The van der Waals surface area contributed by atoms with Crippen LogP contribution in [-0.4, -0.2) is 21.5 Å². The fraction of sp³-hybridized carbons (Fsp3) is 0.250. The van der Waals surface area contributed by atoms with Crippen molar-refractivity contribution in [3.8, 4) is 5.69 Å². The monoisotopic (exact) mass is 280 g/mol. The van der Waals surface area contributed by atoms with Gasteiger partial charge in [-0.05, 0) is 42.7 Å². The van der Waals surface area contributed by atoms with Gasteiger partial charge in [0.25, 0.3) is 0 Å². The van der Waals surface area contributed by atoms with Gasteiger partial charge in [-0.15, -0.1) is 0 Å². The quantitative estimate of drug-likeness (QED) is 0.935. The molecule has 1 aromatic heterocycles. The summed E-state index contributed by atoms with van der Waals surface area (Å²) < 4.78 is 2.91. The van der Waals surface area contributed by atoms with E-state index in [9.17, 15) is 0 Å². The van der Waals surface area contributed by atoms with Crippen molar-refractivity contribution in [1.82, 2.24) is 9.78 Å². The SMILES string of the molecule is OCCCc1cnn(-c2ccc(Br)cc2)c1. The van der Waals surface area contributed by atoms with E-state index in [-0.39, 0.29) is 6.61 Å². The molecule has 0 atom stereocenters. The van der Waals surface area contributed by atoms with Crippen molar-refractivity contribution in [2.24, 2.45) is 0 Å². The molecule has 0 bridgehead atoms. The molecule has 4 heteroatoms. The highest BCUT2D eigenvalue weighted by atomic mass is 79.9. The second-order valence-electron chi connectivity index (χ2n) is 3.60. The third-order valence-corrected chi connectivity index (χ3v) is 2.88. The molecule has 0 aliphatic heterocycles. The zero-order valence-electron chi connectivity index (χ0n) is 8.81. The Morgan fingerprint density at radius 1 is 1.25 bits per heavy atom. The third-order valence-electron chi connectivity index (χ3n) is 2.35. The smallest absolute Gasteiger partial charge is 0.0646 e. The van der Waals surface area contributed by atoms with Crippen LogP contribution in [-0.2, 0) is 6.42 Å². The topological polar surface area (TPSA) is 38.1 Å². The predicted octanol–water partition coefficient (Wildman–Crippen LogP) is 2.56. The van der Waals surface area contributed by atoms with E-state index < -0.39 is 0 Å². The second-order valence-corrected chi connectivity index (χ2v) is 4.51. The van der Waals surface area contributed by atoms with Crippen molar-refractivity contribution in [2.75, 3.05) is 6.61 Å². The predicted molar refractivity (Wildman–Crippen MR) is 66.7 cm³/mol. The first-order chi connectivity index (χ1) is 7.79. The first-order valence-electron chi connectivity index (χ1n) is 5.20. The normalized spacial score (nSPS) is 10.6. The lowest BCUT2D eigenvalue weighted by molar-refractivity contribution is 0.288. The maximum absolute atomic E-state index is 8.75. The van der Waals surface area contributed by atoms with E-state index >= 15 is 0 Å². The van der Waals surface area contributed by atoms with E-state index in [2.05, 4.69) is 21.0 Å². The van der Waals surface area contributed by atoms with Gasteiger partial charge in [-0.25, -0.2) is 4.68 Å². The van der Waals surface area contributed by atoms with Crippen LogP contribution in [0.15, 0.2) is 41.1 Å². The summed E-state index contributed by atoms with van der Waals surface area (Å²) >= 11 is 3.40. The van der Waals surface area contributed by atoms with Gasteiger partial charge in [-0.1, -0.05) is 15.9 Å². The number of aryl methyl sites for hydroxylation is 1. The zero-order valence-corrected chi connectivity index (χ0v) is 10.4. The zero-order chi connectivity index (χ0) is 11.4. The van der Waals surface area contributed by atoms with Gasteiger partial charge in [0.05, 0.1) is 11.9 Å². The van der Waals surface area contributed by atoms with Crippen molar-refractivity contribution in [1.29, 1.82) is 0 Å². The van der Waals surface area contributed by atoms with E-state index in [4.69, 9.17) is 5.11 Å². The number of nitrogens with zero attached hydrogens (tertiary/aromatic N) is 2. The van der Waals surface area contributed by atoms with E-state index in [0.29, 0.717) is 0 Å². The third kappa shape index (κ3) is 2.71. The summed E-state index contributed by atoms with van der Waals surface area (Å²) in [6, 6.07) is 7.99. The average Bonchev–Trinajstić information content (AvgIpc) is 2.76. The first kappa shape index (κ1) is 11.4. The van der Waals surface area contributed by atoms with Crippen LogP contribution >= 0.6 is 15.9 Å². The summed E-state index contributed by atoms with van der Waals surface area (Å²) in [6.45, 7) is 0.226. The number of hydrogen-bond acceptors (Lipinski definition) is 2. The number of aromatic nitrogens is 2. The fourth-order valence-electron chi connectivity index (χ4n) is 1.51. The molecule has 0 spiro atoms. The molecular weight excluding hydrogens is 268 g/mol. The molecule has 0 saturated carbocycles. The molecule has 0 aliphatic carbocycles. The minimum atomic E-state index is 0.226. The van der Waals surface area contributed by atoms with Gasteiger partial charge in [-0.3, -0.25) is 0 Å². The highest BCUT2D eigenvalue weighted by Gasteiger charge is 2.00. The molecule has 84 valence electrons. The van der Waals surface area contributed by atoms with Gasteiger partial charge in [0.1, 0.15) is 0 Å². The molecular formula is C12H13BrN2O. The Bertz CT molecular complexity index is 450. The van der Waals surface area contributed by atoms with E-state index in [0.717, 1.165) is 28.6 Å². The lowest BCUT2D eigenvalue weighted by Gasteiger charge is -2.00. The first-order valence-corrected chi connectivity index (χ1v) is 5.99. The van der Waals surface area contributed by atoms with Crippen LogP contribution in [0.4, 0.5) is 0 Å². The Balaban J connectivity index is 2.15. The summed E-state index contributed by atoms with van der Waals surface area (Å²) in [7, 11) is 0. The number of hydrogen-bond donors (Lipinski definition) is 1. The average molecular weight is 281 g/mol. The molecule has 0 saturated heterocycles. The van der Waals surface area contributed by atoms with Crippen molar-refractivity contribution >= 4 is 15.9 Å². The maximum atomic E-state index is 8.75. The number of rotatable bonds is 4. The van der Waals surface area contributed by atoms with Gasteiger partial charge in [0, 0.05) is 17.3 Å². The lowest BCUT2D eigenvalue weighted by atomic mass is 10.2. The maximum Gasteiger partial charge on any atom is 0.0646 e. The largest absolute Gasteiger partial charge is 0.396 e. The van der Waals surface area contributed by atoms with Crippen molar-refractivity contribution in [3.05, 3.63) is 46.7 Å². The molecule has 2 aromatic rings. The van der Waals surface area contributed by atoms with Gasteiger partial charge < -0.3 is 5.11 Å². The minimum absolute atomic E-state index is 0.226. The Labute approximate surface area is 103 Å². The molecule has 0 fully saturated rings. The van der Waals surface area contributed by atoms with Crippen molar-refractivity contribution in [3.63, 3.8) is 0 Å². The highest BCUT2D eigenvalue weighted by Crippen LogP contribution is 2.14. The molecule has 0 unspecified atom stereocenters. The van der Waals surface area contributed by atoms with E-state index in [1.165, 1.54) is 0 Å². The molecule has 1 N–H and O–H groups in total. The summed E-state index contributed by atoms with van der Waals surface area (Å²) in [6.07, 6.45) is 5.50. The number of aliphatic hydroxyl groups is 1. The molecule has 0 radical (unpaired) electrons. The fourth-order valence-corrected chi connectivity index (χ4v) is 1.77. The van der Waals surface area contributed by atoms with Crippen molar-refractivity contribution < 1.29 is 5.11 Å². The van der Waals surface area contributed by atoms with Crippen LogP contribution in [0.3, 0.4) is 0 Å². The van der Waals surface area contributed by atoms with Crippen molar-refractivity contribution in [2.45, 2.75) is 12.8 Å². The van der Waals surface area contributed by atoms with Crippen LogP contribution in [0.5, 0.6) is 0 Å². The Morgan fingerprint density at radius 2 is 2.00 bits per heavy atom. The van der Waals surface area contributed by atoms with Gasteiger partial charge in [0.2, 0.25) is 0 Å². The summed E-state index contributed by atoms with van der Waals surface area (Å²) in [5.41, 5.74) is 2.19. The Hall–Kier alpha value is -1.13. The van der Waals surface area contributed by atoms with Crippen LogP contribution in [0.25, 0.3) is 5.69 Å². The molecule has 1 heterocycles. The molecule has 2 rings (SSSR count). The van der Waals surface area contributed by atoms with Crippen LogP contribution in [0.2, 0.25) is 0 Å². The van der Waals surface area contributed by atoms with Gasteiger partial charge in [0.15, 0.2) is 0 Å². The van der Waals surface area contributed by atoms with E-state index in [1.807, 2.05) is 41.3 Å². The Kier molecular flexibility index (Phi) is 3.74. The number of halogens is 1. The molecule has 3 nitrogen and oxygen atoms in total. The highest BCUT2D eigenvalue weighted by molar-refractivity contribution is 9.10. The minimum Gasteiger partial charge on any atom is -0.396 e.